The minimum atomic E-state index is 0.0278. The van der Waals surface area contributed by atoms with E-state index in [1.165, 1.54) is 0 Å². The maximum atomic E-state index is 8.40. The lowest BCUT2D eigenvalue weighted by Gasteiger charge is -2.11. The Hall–Kier alpha value is -0.200. The summed E-state index contributed by atoms with van der Waals surface area (Å²) in [5, 5.41) is 33.0. The molecule has 5 heteroatoms. The maximum absolute atomic E-state index is 8.40. The van der Waals surface area contributed by atoms with Crippen molar-refractivity contribution >= 4 is 0 Å². The molecule has 0 radical (unpaired) electrons. The maximum Gasteiger partial charge on any atom is 0.0698 e. The molecule has 19 heavy (non-hydrogen) atoms. The van der Waals surface area contributed by atoms with Crippen LogP contribution in [0.3, 0.4) is 0 Å². The van der Waals surface area contributed by atoms with Crippen LogP contribution in [0.1, 0.15) is 41.5 Å². The van der Waals surface area contributed by atoms with E-state index in [1.807, 2.05) is 41.5 Å². The molecule has 0 fully saturated rings. The summed E-state index contributed by atoms with van der Waals surface area (Å²) in [6.07, 6.45) is 0. The van der Waals surface area contributed by atoms with Gasteiger partial charge in [0.05, 0.1) is 26.4 Å². The fraction of sp³-hybridized carbons (Fsp3) is 1.00. The van der Waals surface area contributed by atoms with Crippen molar-refractivity contribution < 1.29 is 25.2 Å². The van der Waals surface area contributed by atoms with Crippen LogP contribution >= 0.6 is 0 Å². The largest absolute Gasteiger partial charge is 0.396 e. The number of ether oxygens (including phenoxy) is 1. The Morgan fingerprint density at radius 1 is 0.632 bits per heavy atom. The van der Waals surface area contributed by atoms with Gasteiger partial charge in [-0.25, -0.2) is 0 Å². The summed E-state index contributed by atoms with van der Waals surface area (Å²) < 4.78 is 4.63. The van der Waals surface area contributed by atoms with Gasteiger partial charge < -0.3 is 25.2 Å². The van der Waals surface area contributed by atoms with Crippen molar-refractivity contribution in [2.75, 3.05) is 39.6 Å². The van der Waals surface area contributed by atoms with Gasteiger partial charge in [0.25, 0.3) is 0 Å². The quantitative estimate of drug-likeness (QED) is 0.578. The second-order valence-electron chi connectivity index (χ2n) is 6.50. The first-order valence-electron chi connectivity index (χ1n) is 6.55. The summed E-state index contributed by atoms with van der Waals surface area (Å²) in [5.74, 6) is 0. The van der Waals surface area contributed by atoms with Crippen molar-refractivity contribution in [3.05, 3.63) is 0 Å². The lowest BCUT2D eigenvalue weighted by atomic mass is 9.99. The van der Waals surface area contributed by atoms with Gasteiger partial charge in [-0.1, -0.05) is 41.5 Å². The fourth-order valence-corrected chi connectivity index (χ4v) is 0.231. The average molecular weight is 282 g/mol. The molecule has 0 saturated carbocycles. The number of hydrogen-bond donors (Lipinski definition) is 4. The van der Waals surface area contributed by atoms with E-state index in [2.05, 4.69) is 4.74 Å². The Balaban J connectivity index is -0.000000203. The van der Waals surface area contributed by atoms with Gasteiger partial charge in [0, 0.05) is 13.2 Å². The van der Waals surface area contributed by atoms with Gasteiger partial charge in [0.2, 0.25) is 0 Å². The van der Waals surface area contributed by atoms with E-state index in [1.54, 1.807) is 0 Å². The number of rotatable bonds is 4. The molecule has 0 aliphatic carbocycles. The first-order chi connectivity index (χ1) is 8.54. The van der Waals surface area contributed by atoms with Crippen molar-refractivity contribution in [1.82, 2.24) is 0 Å². The highest BCUT2D eigenvalue weighted by molar-refractivity contribution is 4.56. The van der Waals surface area contributed by atoms with E-state index in [0.717, 1.165) is 0 Å². The van der Waals surface area contributed by atoms with Crippen molar-refractivity contribution in [1.29, 1.82) is 0 Å². The van der Waals surface area contributed by atoms with Crippen LogP contribution in [0.2, 0.25) is 0 Å². The van der Waals surface area contributed by atoms with Crippen LogP contribution in [-0.4, -0.2) is 60.1 Å². The molecule has 0 amide bonds. The third kappa shape index (κ3) is 46.3. The van der Waals surface area contributed by atoms with Crippen LogP contribution in [0, 0.1) is 10.8 Å². The van der Waals surface area contributed by atoms with Crippen molar-refractivity contribution in [2.45, 2.75) is 41.5 Å². The molecule has 0 atom stereocenters. The summed E-state index contributed by atoms with van der Waals surface area (Å²) in [4.78, 5) is 0. The second kappa shape index (κ2) is 14.2. The lowest BCUT2D eigenvalue weighted by Crippen LogP contribution is -2.09. The standard InChI is InChI=1S/2C5H12O.C4H10O3/c2*1-5(2,3)4-6;5-1-3-7-4-2-6/h2*6H,4H2,1-3H3;5-6H,1-4H2. The molecule has 4 N–H and O–H groups in total. The van der Waals surface area contributed by atoms with Crippen molar-refractivity contribution in [2.24, 2.45) is 10.8 Å². The normalized spacial score (nSPS) is 11.1. The van der Waals surface area contributed by atoms with E-state index < -0.39 is 0 Å². The molecule has 0 aromatic heterocycles. The van der Waals surface area contributed by atoms with Crippen molar-refractivity contribution in [3.8, 4) is 0 Å². The van der Waals surface area contributed by atoms with Crippen LogP contribution in [-0.2, 0) is 4.74 Å². The molecule has 0 aromatic rings. The Kier molecular flexibility index (Phi) is 17.9. The SMILES string of the molecule is CC(C)(C)CO.CC(C)(C)CO.OCCOCCO. The van der Waals surface area contributed by atoms with E-state index in [9.17, 15) is 0 Å². The van der Waals surface area contributed by atoms with Gasteiger partial charge in [-0.2, -0.15) is 0 Å². The van der Waals surface area contributed by atoms with Crippen LogP contribution in [0.15, 0.2) is 0 Å². The topological polar surface area (TPSA) is 90.2 Å². The molecule has 0 saturated heterocycles. The van der Waals surface area contributed by atoms with Crippen LogP contribution < -0.4 is 0 Å². The highest BCUT2D eigenvalue weighted by atomic mass is 16.5. The monoisotopic (exact) mass is 282 g/mol. The third-order valence-corrected chi connectivity index (χ3v) is 1.42. The van der Waals surface area contributed by atoms with Gasteiger partial charge in [0.15, 0.2) is 0 Å². The number of hydrogen-bond acceptors (Lipinski definition) is 5. The molecular weight excluding hydrogens is 248 g/mol. The van der Waals surface area contributed by atoms with E-state index >= 15 is 0 Å². The zero-order chi connectivity index (χ0) is 15.9. The van der Waals surface area contributed by atoms with Gasteiger partial charge in [-0.05, 0) is 10.8 Å². The molecule has 5 nitrogen and oxygen atoms in total. The van der Waals surface area contributed by atoms with E-state index in [4.69, 9.17) is 20.4 Å². The summed E-state index contributed by atoms with van der Waals surface area (Å²) in [6, 6.07) is 0. The minimum absolute atomic E-state index is 0.0278. The smallest absolute Gasteiger partial charge is 0.0698 e. The second-order valence-corrected chi connectivity index (χ2v) is 6.50. The molecule has 0 unspecified atom stereocenters. The molecule has 0 aliphatic rings. The molecular formula is C14H34O5. The highest BCUT2D eigenvalue weighted by Gasteiger charge is 2.05. The van der Waals surface area contributed by atoms with Crippen LogP contribution in [0.25, 0.3) is 0 Å². The third-order valence-electron chi connectivity index (χ3n) is 1.42. The fourth-order valence-electron chi connectivity index (χ4n) is 0.231. The Labute approximate surface area is 118 Å². The number of aliphatic hydroxyl groups is 4. The molecule has 0 aromatic carbocycles. The molecule has 0 bridgehead atoms. The first kappa shape index (κ1) is 23.9. The first-order valence-corrected chi connectivity index (χ1v) is 6.55. The minimum Gasteiger partial charge on any atom is -0.396 e. The zero-order valence-electron chi connectivity index (χ0n) is 13.4. The van der Waals surface area contributed by atoms with E-state index in [-0.39, 0.29) is 37.3 Å². The van der Waals surface area contributed by atoms with Gasteiger partial charge in [-0.3, -0.25) is 0 Å². The summed E-state index contributed by atoms with van der Waals surface area (Å²) in [5.41, 5.74) is 0.194. The van der Waals surface area contributed by atoms with Crippen molar-refractivity contribution in [3.63, 3.8) is 0 Å². The molecule has 0 spiro atoms. The molecule has 0 rings (SSSR count). The predicted molar refractivity (Wildman–Crippen MR) is 78.1 cm³/mol. The number of aliphatic hydroxyl groups excluding tert-OH is 4. The average Bonchev–Trinajstić information content (AvgIpc) is 2.30. The van der Waals surface area contributed by atoms with Crippen LogP contribution in [0.4, 0.5) is 0 Å². The Bertz CT molecular complexity index is 140. The van der Waals surface area contributed by atoms with E-state index in [0.29, 0.717) is 13.2 Å². The van der Waals surface area contributed by atoms with Gasteiger partial charge >= 0.3 is 0 Å². The predicted octanol–water partition coefficient (Wildman–Crippen LogP) is 1.04. The molecule has 0 aliphatic heterocycles. The Morgan fingerprint density at radius 3 is 0.947 bits per heavy atom. The summed E-state index contributed by atoms with van der Waals surface area (Å²) >= 11 is 0. The molecule has 120 valence electrons. The summed E-state index contributed by atoms with van der Waals surface area (Å²) in [7, 11) is 0. The zero-order valence-corrected chi connectivity index (χ0v) is 13.4. The van der Waals surface area contributed by atoms with Gasteiger partial charge in [0.1, 0.15) is 0 Å². The Morgan fingerprint density at radius 2 is 0.842 bits per heavy atom. The van der Waals surface area contributed by atoms with Crippen LogP contribution in [0.5, 0.6) is 0 Å². The highest BCUT2D eigenvalue weighted by Crippen LogP contribution is 2.09. The van der Waals surface area contributed by atoms with Gasteiger partial charge in [-0.15, -0.1) is 0 Å². The lowest BCUT2D eigenvalue weighted by molar-refractivity contribution is 0.0650. The molecule has 0 heterocycles. The summed E-state index contributed by atoms with van der Waals surface area (Å²) in [6.45, 7) is 13.2.